The van der Waals surface area contributed by atoms with Crippen LogP contribution in [0.3, 0.4) is 0 Å². The number of anilines is 1. The Kier molecular flexibility index (Phi) is 5.61. The summed E-state index contributed by atoms with van der Waals surface area (Å²) in [5.74, 6) is -1.60. The zero-order valence-corrected chi connectivity index (χ0v) is 15.2. The van der Waals surface area contributed by atoms with Crippen LogP contribution in [0.15, 0.2) is 57.7 Å². The van der Waals surface area contributed by atoms with Gasteiger partial charge in [0.05, 0.1) is 11.9 Å². The number of halogens is 1. The van der Waals surface area contributed by atoms with E-state index in [-0.39, 0.29) is 13.0 Å². The Labute approximate surface area is 159 Å². The lowest BCUT2D eigenvalue weighted by atomic mass is 10.3. The number of carbonyl (C=O) groups excluding carboxylic acids is 2. The van der Waals surface area contributed by atoms with Crippen molar-refractivity contribution in [2.45, 2.75) is 26.0 Å². The second-order valence-corrected chi connectivity index (χ2v) is 6.30. The van der Waals surface area contributed by atoms with Crippen LogP contribution in [0, 0.1) is 0 Å². The molecular formula is C19H17ClN2O5. The summed E-state index contributed by atoms with van der Waals surface area (Å²) in [6.45, 7) is 1.57. The molecule has 0 unspecified atom stereocenters. The van der Waals surface area contributed by atoms with Crippen molar-refractivity contribution < 1.29 is 18.7 Å². The molecule has 0 spiro atoms. The summed E-state index contributed by atoms with van der Waals surface area (Å²) in [5, 5.41) is 3.18. The summed E-state index contributed by atoms with van der Waals surface area (Å²) in [4.78, 5) is 36.0. The molecule has 0 radical (unpaired) electrons. The molecule has 1 heterocycles. The van der Waals surface area contributed by atoms with Gasteiger partial charge in [0, 0.05) is 17.3 Å². The van der Waals surface area contributed by atoms with Gasteiger partial charge in [-0.2, -0.15) is 0 Å². The maximum Gasteiger partial charge on any atom is 0.419 e. The van der Waals surface area contributed by atoms with E-state index in [9.17, 15) is 14.4 Å². The number of amides is 1. The number of hydrogen-bond acceptors (Lipinski definition) is 5. The topological polar surface area (TPSA) is 90.5 Å². The molecule has 3 rings (SSSR count). The molecule has 140 valence electrons. The van der Waals surface area contributed by atoms with Gasteiger partial charge >= 0.3 is 11.7 Å². The fourth-order valence-electron chi connectivity index (χ4n) is 2.52. The van der Waals surface area contributed by atoms with Gasteiger partial charge in [-0.1, -0.05) is 23.7 Å². The number of esters is 1. The third kappa shape index (κ3) is 4.57. The Morgan fingerprint density at radius 3 is 2.63 bits per heavy atom. The molecule has 0 bridgehead atoms. The van der Waals surface area contributed by atoms with Crippen molar-refractivity contribution in [2.75, 3.05) is 5.32 Å². The molecule has 0 aliphatic rings. The van der Waals surface area contributed by atoms with Gasteiger partial charge in [-0.3, -0.25) is 14.2 Å². The predicted molar refractivity (Wildman–Crippen MR) is 101 cm³/mol. The van der Waals surface area contributed by atoms with E-state index < -0.39 is 23.7 Å². The van der Waals surface area contributed by atoms with Crippen LogP contribution in [-0.2, 0) is 20.9 Å². The van der Waals surface area contributed by atoms with Gasteiger partial charge in [-0.25, -0.2) is 4.79 Å². The first-order valence-corrected chi connectivity index (χ1v) is 8.66. The average Bonchev–Trinajstić information content (AvgIpc) is 2.97. The highest BCUT2D eigenvalue weighted by atomic mass is 35.5. The molecule has 1 atom stereocenters. The largest absolute Gasteiger partial charge is 0.452 e. The maximum absolute atomic E-state index is 12.1. The van der Waals surface area contributed by atoms with Crippen molar-refractivity contribution in [3.05, 3.63) is 64.1 Å². The van der Waals surface area contributed by atoms with Gasteiger partial charge in [0.25, 0.3) is 5.91 Å². The number of carbonyl (C=O) groups is 2. The van der Waals surface area contributed by atoms with E-state index in [0.717, 1.165) is 0 Å². The number of aryl methyl sites for hydroxylation is 1. The molecule has 3 aromatic rings. The van der Waals surface area contributed by atoms with Crippen LogP contribution in [0.4, 0.5) is 5.69 Å². The first-order chi connectivity index (χ1) is 12.9. The van der Waals surface area contributed by atoms with E-state index in [1.807, 2.05) is 0 Å². The summed E-state index contributed by atoms with van der Waals surface area (Å²) in [6, 6.07) is 13.5. The Bertz CT molecular complexity index is 1020. The monoisotopic (exact) mass is 388 g/mol. The molecule has 1 amide bonds. The van der Waals surface area contributed by atoms with E-state index in [1.165, 1.54) is 11.5 Å². The highest BCUT2D eigenvalue weighted by molar-refractivity contribution is 6.30. The van der Waals surface area contributed by atoms with Crippen molar-refractivity contribution in [3.63, 3.8) is 0 Å². The molecule has 2 aromatic carbocycles. The fraction of sp³-hybridized carbons (Fsp3) is 0.211. The van der Waals surface area contributed by atoms with Crippen LogP contribution in [-0.4, -0.2) is 22.5 Å². The Morgan fingerprint density at radius 1 is 1.19 bits per heavy atom. The van der Waals surface area contributed by atoms with Crippen molar-refractivity contribution >= 4 is 40.3 Å². The number of aromatic nitrogens is 1. The lowest BCUT2D eigenvalue weighted by Gasteiger charge is -2.13. The van der Waals surface area contributed by atoms with Crippen LogP contribution >= 0.6 is 11.6 Å². The zero-order chi connectivity index (χ0) is 19.4. The fourth-order valence-corrected chi connectivity index (χ4v) is 2.64. The van der Waals surface area contributed by atoms with E-state index in [0.29, 0.717) is 21.8 Å². The number of oxazole rings is 1. The predicted octanol–water partition coefficient (Wildman–Crippen LogP) is 3.21. The molecule has 0 aliphatic carbocycles. The molecule has 1 N–H and O–H groups in total. The highest BCUT2D eigenvalue weighted by Crippen LogP contribution is 2.14. The number of benzene rings is 2. The Balaban J connectivity index is 1.55. The lowest BCUT2D eigenvalue weighted by Crippen LogP contribution is -2.30. The summed E-state index contributed by atoms with van der Waals surface area (Å²) >= 11 is 5.79. The van der Waals surface area contributed by atoms with Gasteiger partial charge in [0.15, 0.2) is 11.7 Å². The number of rotatable bonds is 6. The first kappa shape index (κ1) is 18.7. The van der Waals surface area contributed by atoms with Crippen molar-refractivity contribution in [3.8, 4) is 0 Å². The van der Waals surface area contributed by atoms with Gasteiger partial charge < -0.3 is 14.5 Å². The molecule has 27 heavy (non-hydrogen) atoms. The number of fused-ring (bicyclic) bond motifs is 1. The third-order valence-corrected chi connectivity index (χ3v) is 4.15. The zero-order valence-electron chi connectivity index (χ0n) is 14.5. The summed E-state index contributed by atoms with van der Waals surface area (Å²) in [5.41, 5.74) is 1.60. The average molecular weight is 389 g/mol. The van der Waals surface area contributed by atoms with Crippen LogP contribution in [0.2, 0.25) is 5.02 Å². The van der Waals surface area contributed by atoms with Crippen molar-refractivity contribution in [1.82, 2.24) is 4.57 Å². The number of nitrogens with zero attached hydrogens (tertiary/aromatic N) is 1. The Hall–Kier alpha value is -3.06. The minimum absolute atomic E-state index is 0.0675. The van der Waals surface area contributed by atoms with E-state index >= 15 is 0 Å². The molecule has 0 fully saturated rings. The number of para-hydroxylation sites is 2. The normalized spacial score (nSPS) is 11.9. The second kappa shape index (κ2) is 8.09. The molecule has 0 aliphatic heterocycles. The molecule has 7 nitrogen and oxygen atoms in total. The van der Waals surface area contributed by atoms with Crippen LogP contribution in [0.25, 0.3) is 11.1 Å². The summed E-state index contributed by atoms with van der Waals surface area (Å²) in [6.07, 6.45) is -1.05. The minimum atomic E-state index is -0.981. The van der Waals surface area contributed by atoms with Gasteiger partial charge in [-0.05, 0) is 43.3 Å². The number of ether oxygens (including phenoxy) is 1. The van der Waals surface area contributed by atoms with Gasteiger partial charge in [-0.15, -0.1) is 0 Å². The summed E-state index contributed by atoms with van der Waals surface area (Å²) < 4.78 is 11.6. The van der Waals surface area contributed by atoms with Crippen molar-refractivity contribution in [2.24, 2.45) is 0 Å². The molecule has 8 heteroatoms. The molecule has 0 saturated carbocycles. The molecular weight excluding hydrogens is 372 g/mol. The molecule has 1 aromatic heterocycles. The molecule has 0 saturated heterocycles. The lowest BCUT2D eigenvalue weighted by molar-refractivity contribution is -0.153. The quantitative estimate of drug-likeness (QED) is 0.655. The van der Waals surface area contributed by atoms with Crippen LogP contribution in [0.1, 0.15) is 13.3 Å². The standard InChI is InChI=1S/C19H17ClN2O5/c1-12(18(24)21-14-8-6-13(20)7-9-14)26-17(23)10-11-22-15-4-2-3-5-16(15)27-19(22)25/h2-9,12H,10-11H2,1H3,(H,21,24)/t12-/m0/s1. The van der Waals surface area contributed by atoms with Crippen molar-refractivity contribution in [1.29, 1.82) is 0 Å². The third-order valence-electron chi connectivity index (χ3n) is 3.90. The number of hydrogen-bond donors (Lipinski definition) is 1. The minimum Gasteiger partial charge on any atom is -0.452 e. The van der Waals surface area contributed by atoms with E-state index in [1.54, 1.807) is 48.5 Å². The van der Waals surface area contributed by atoms with Gasteiger partial charge in [0.2, 0.25) is 0 Å². The summed E-state index contributed by atoms with van der Waals surface area (Å²) in [7, 11) is 0. The Morgan fingerprint density at radius 2 is 1.89 bits per heavy atom. The van der Waals surface area contributed by atoms with E-state index in [2.05, 4.69) is 5.32 Å². The SMILES string of the molecule is C[C@H](OC(=O)CCn1c(=O)oc2ccccc21)C(=O)Nc1ccc(Cl)cc1. The first-order valence-electron chi connectivity index (χ1n) is 8.28. The smallest absolute Gasteiger partial charge is 0.419 e. The maximum atomic E-state index is 12.1. The van der Waals surface area contributed by atoms with E-state index in [4.69, 9.17) is 20.8 Å². The van der Waals surface area contributed by atoms with Gasteiger partial charge in [0.1, 0.15) is 0 Å². The second-order valence-electron chi connectivity index (χ2n) is 5.87. The van der Waals surface area contributed by atoms with Crippen LogP contribution in [0.5, 0.6) is 0 Å². The highest BCUT2D eigenvalue weighted by Gasteiger charge is 2.18. The number of nitrogens with one attached hydrogen (secondary N) is 1. The van der Waals surface area contributed by atoms with Crippen LogP contribution < -0.4 is 11.1 Å².